The van der Waals surface area contributed by atoms with Crippen molar-refractivity contribution >= 4 is 0 Å². The summed E-state index contributed by atoms with van der Waals surface area (Å²) in [6.07, 6.45) is 0. The molecule has 0 radical (unpaired) electrons. The van der Waals surface area contributed by atoms with Crippen molar-refractivity contribution in [2.45, 2.75) is 49.0 Å². The summed E-state index contributed by atoms with van der Waals surface area (Å²) < 4.78 is 0. The van der Waals surface area contributed by atoms with Crippen LogP contribution in [-0.4, -0.2) is 0 Å². The molecule has 0 heterocycles. The standard InChI is InChI=1S/3C8H10.CH4/c1-7-3-5-8(2)6-4-7;1-7-4-3-5-8(2)6-7;1-7-5-3-4-6-8(7)2;/h3*3-6H,1-2H3;1H4. The topological polar surface area (TPSA) is 0 Å². The van der Waals surface area contributed by atoms with E-state index in [4.69, 9.17) is 0 Å². The van der Waals surface area contributed by atoms with Crippen LogP contribution in [0.25, 0.3) is 0 Å². The van der Waals surface area contributed by atoms with Crippen molar-refractivity contribution in [3.05, 3.63) is 106 Å². The van der Waals surface area contributed by atoms with Gasteiger partial charge in [0.2, 0.25) is 0 Å². The van der Waals surface area contributed by atoms with Gasteiger partial charge in [0.05, 0.1) is 0 Å². The van der Waals surface area contributed by atoms with E-state index in [1.165, 1.54) is 33.4 Å². The molecular weight excluding hydrogens is 300 g/mol. The number of benzene rings is 3. The van der Waals surface area contributed by atoms with Crippen LogP contribution in [0.15, 0.2) is 72.8 Å². The lowest BCUT2D eigenvalue weighted by molar-refractivity contribution is 1.34. The quantitative estimate of drug-likeness (QED) is 0.398. The van der Waals surface area contributed by atoms with E-state index < -0.39 is 0 Å². The van der Waals surface area contributed by atoms with Crippen LogP contribution in [0.1, 0.15) is 40.8 Å². The fourth-order valence-corrected chi connectivity index (χ4v) is 2.11. The Morgan fingerprint density at radius 3 is 1.00 bits per heavy atom. The second kappa shape index (κ2) is 12.1. The van der Waals surface area contributed by atoms with Gasteiger partial charge in [-0.05, 0) is 52.7 Å². The molecule has 0 bridgehead atoms. The minimum absolute atomic E-state index is 0. The van der Waals surface area contributed by atoms with Crippen molar-refractivity contribution in [2.24, 2.45) is 0 Å². The predicted octanol–water partition coefficient (Wildman–Crippen LogP) is 7.55. The zero-order valence-electron chi connectivity index (χ0n) is 15.9. The highest BCUT2D eigenvalue weighted by Crippen LogP contribution is 2.03. The Morgan fingerprint density at radius 2 is 0.760 bits per heavy atom. The Balaban J connectivity index is 0.000000339. The molecule has 0 amide bonds. The van der Waals surface area contributed by atoms with Crippen LogP contribution in [0.3, 0.4) is 0 Å². The molecule has 0 saturated heterocycles. The summed E-state index contributed by atoms with van der Waals surface area (Å²) in [6.45, 7) is 12.6. The first kappa shape index (κ1) is 22.7. The second-order valence-electron chi connectivity index (χ2n) is 6.40. The number of rotatable bonds is 0. The number of hydrogen-bond donors (Lipinski definition) is 0. The molecule has 0 heteroatoms. The maximum atomic E-state index is 2.17. The lowest BCUT2D eigenvalue weighted by atomic mass is 10.1. The molecule has 25 heavy (non-hydrogen) atoms. The molecule has 0 aliphatic rings. The van der Waals surface area contributed by atoms with Gasteiger partial charge >= 0.3 is 0 Å². The van der Waals surface area contributed by atoms with Gasteiger partial charge in [-0.2, -0.15) is 0 Å². The summed E-state index contributed by atoms with van der Waals surface area (Å²) in [5.74, 6) is 0. The third-order valence-electron chi connectivity index (χ3n) is 3.82. The Morgan fingerprint density at radius 1 is 0.400 bits per heavy atom. The maximum Gasteiger partial charge on any atom is -0.0395 e. The summed E-state index contributed by atoms with van der Waals surface area (Å²) in [4.78, 5) is 0. The Hall–Kier alpha value is -2.34. The Kier molecular flexibility index (Phi) is 11.0. The van der Waals surface area contributed by atoms with E-state index >= 15 is 0 Å². The monoisotopic (exact) mass is 334 g/mol. The van der Waals surface area contributed by atoms with E-state index in [9.17, 15) is 0 Å². The van der Waals surface area contributed by atoms with E-state index in [1.54, 1.807) is 0 Å². The molecule has 3 rings (SSSR count). The largest absolute Gasteiger partial charge is 0.0776 e. The molecule has 0 atom stereocenters. The molecule has 0 saturated carbocycles. The van der Waals surface area contributed by atoms with Gasteiger partial charge in [-0.3, -0.25) is 0 Å². The molecule has 0 aromatic heterocycles. The first-order valence-electron chi connectivity index (χ1n) is 8.47. The molecular formula is C25H34. The van der Waals surface area contributed by atoms with Crippen molar-refractivity contribution in [1.29, 1.82) is 0 Å². The lowest BCUT2D eigenvalue weighted by Crippen LogP contribution is -1.74. The van der Waals surface area contributed by atoms with Gasteiger partial charge in [-0.15, -0.1) is 0 Å². The van der Waals surface area contributed by atoms with E-state index in [0.29, 0.717) is 0 Å². The highest BCUT2D eigenvalue weighted by molar-refractivity contribution is 5.23. The molecule has 0 aliphatic heterocycles. The molecule has 0 spiro atoms. The smallest absolute Gasteiger partial charge is 0.0395 e. The van der Waals surface area contributed by atoms with Gasteiger partial charge in [0.15, 0.2) is 0 Å². The van der Waals surface area contributed by atoms with E-state index in [-0.39, 0.29) is 7.43 Å². The molecule has 0 N–H and O–H groups in total. The average Bonchev–Trinajstić information content (AvgIpc) is 2.54. The highest BCUT2D eigenvalue weighted by Gasteiger charge is 1.84. The van der Waals surface area contributed by atoms with Crippen molar-refractivity contribution in [3.8, 4) is 0 Å². The third kappa shape index (κ3) is 10.2. The number of hydrogen-bond acceptors (Lipinski definition) is 0. The predicted molar refractivity (Wildman–Crippen MR) is 114 cm³/mol. The van der Waals surface area contributed by atoms with Crippen LogP contribution in [0.2, 0.25) is 0 Å². The summed E-state index contributed by atoms with van der Waals surface area (Å²) >= 11 is 0. The average molecular weight is 335 g/mol. The van der Waals surface area contributed by atoms with Crippen LogP contribution in [0, 0.1) is 41.5 Å². The first-order valence-corrected chi connectivity index (χ1v) is 8.47. The fourth-order valence-electron chi connectivity index (χ4n) is 2.11. The van der Waals surface area contributed by atoms with Crippen LogP contribution < -0.4 is 0 Å². The van der Waals surface area contributed by atoms with E-state index in [1.807, 2.05) is 0 Å². The van der Waals surface area contributed by atoms with E-state index in [2.05, 4.69) is 114 Å². The van der Waals surface area contributed by atoms with Gasteiger partial charge in [0, 0.05) is 0 Å². The minimum atomic E-state index is 0. The zero-order chi connectivity index (χ0) is 17.9. The van der Waals surface area contributed by atoms with E-state index in [0.717, 1.165) is 0 Å². The van der Waals surface area contributed by atoms with Gasteiger partial charge < -0.3 is 0 Å². The maximum absolute atomic E-state index is 2.17. The highest BCUT2D eigenvalue weighted by atomic mass is 13.9. The Bertz CT molecular complexity index is 662. The fraction of sp³-hybridized carbons (Fsp3) is 0.280. The van der Waals surface area contributed by atoms with Crippen LogP contribution in [0.5, 0.6) is 0 Å². The molecule has 134 valence electrons. The summed E-state index contributed by atoms with van der Waals surface area (Å²) in [5.41, 5.74) is 8.07. The van der Waals surface area contributed by atoms with Gasteiger partial charge in [0.25, 0.3) is 0 Å². The minimum Gasteiger partial charge on any atom is -0.0776 e. The van der Waals surface area contributed by atoms with Crippen molar-refractivity contribution < 1.29 is 0 Å². The van der Waals surface area contributed by atoms with Crippen molar-refractivity contribution in [2.75, 3.05) is 0 Å². The Labute approximate surface area is 155 Å². The lowest BCUT2D eigenvalue weighted by Gasteiger charge is -1.93. The van der Waals surface area contributed by atoms with Gasteiger partial charge in [-0.1, -0.05) is 102 Å². The summed E-state index contributed by atoms with van der Waals surface area (Å²) in [6, 6.07) is 25.3. The van der Waals surface area contributed by atoms with Gasteiger partial charge in [-0.25, -0.2) is 0 Å². The van der Waals surface area contributed by atoms with Crippen LogP contribution in [-0.2, 0) is 0 Å². The molecule has 0 nitrogen and oxygen atoms in total. The summed E-state index contributed by atoms with van der Waals surface area (Å²) in [5, 5.41) is 0. The number of aryl methyl sites for hydroxylation is 6. The van der Waals surface area contributed by atoms with Crippen molar-refractivity contribution in [3.63, 3.8) is 0 Å². The molecule has 0 fully saturated rings. The molecule has 0 aliphatic carbocycles. The van der Waals surface area contributed by atoms with Gasteiger partial charge in [0.1, 0.15) is 0 Å². The normalized spacial score (nSPS) is 8.88. The zero-order valence-corrected chi connectivity index (χ0v) is 15.9. The SMILES string of the molecule is C.Cc1ccc(C)cc1.Cc1cccc(C)c1.Cc1ccccc1C. The molecule has 3 aromatic rings. The summed E-state index contributed by atoms with van der Waals surface area (Å²) in [7, 11) is 0. The second-order valence-corrected chi connectivity index (χ2v) is 6.40. The van der Waals surface area contributed by atoms with Crippen molar-refractivity contribution in [1.82, 2.24) is 0 Å². The van der Waals surface area contributed by atoms with Crippen LogP contribution >= 0.6 is 0 Å². The molecule has 0 unspecified atom stereocenters. The first-order chi connectivity index (χ1) is 11.4. The van der Waals surface area contributed by atoms with Crippen LogP contribution in [0.4, 0.5) is 0 Å². The third-order valence-corrected chi connectivity index (χ3v) is 3.82. The molecule has 3 aromatic carbocycles.